The average molecular weight is 361 g/mol. The van der Waals surface area contributed by atoms with Crippen molar-refractivity contribution in [1.29, 1.82) is 0 Å². The first kappa shape index (κ1) is 19.4. The lowest BCUT2D eigenvalue weighted by atomic mass is 10.0. The van der Waals surface area contributed by atoms with Gasteiger partial charge in [0.15, 0.2) is 6.61 Å². The zero-order chi connectivity index (χ0) is 19.1. The van der Waals surface area contributed by atoms with Gasteiger partial charge >= 0.3 is 5.97 Å². The first-order valence-electron chi connectivity index (χ1n) is 8.52. The van der Waals surface area contributed by atoms with Crippen LogP contribution in [0.2, 0.25) is 0 Å². The molecule has 8 nitrogen and oxygen atoms in total. The number of nitro benzene ring substituents is 1. The molecule has 0 atom stereocenters. The van der Waals surface area contributed by atoms with Crippen LogP contribution in [0.15, 0.2) is 24.3 Å². The molecule has 0 radical (unpaired) electrons. The Morgan fingerprint density at radius 3 is 2.54 bits per heavy atom. The largest absolute Gasteiger partial charge is 0.466 e. The van der Waals surface area contributed by atoms with E-state index in [-0.39, 0.29) is 12.3 Å². The Morgan fingerprint density at radius 1 is 1.27 bits per heavy atom. The Morgan fingerprint density at radius 2 is 1.96 bits per heavy atom. The van der Waals surface area contributed by atoms with Crippen molar-refractivity contribution in [1.82, 2.24) is 9.78 Å². The number of nitrogens with zero attached hydrogens (tertiary/aromatic N) is 3. The van der Waals surface area contributed by atoms with E-state index in [1.54, 1.807) is 30.8 Å². The Labute approximate surface area is 151 Å². The number of nitro groups is 1. The summed E-state index contributed by atoms with van der Waals surface area (Å²) < 4.78 is 12.2. The minimum Gasteiger partial charge on any atom is -0.466 e. The SMILES string of the molecule is CCCc1nn(C)c(OCC(=O)OCC)c1Cc1ccc([N+](=O)[O-])cc1. The predicted octanol–water partition coefficient (Wildman–Crippen LogP) is 2.81. The summed E-state index contributed by atoms with van der Waals surface area (Å²) in [6.45, 7) is 3.90. The van der Waals surface area contributed by atoms with Gasteiger partial charge in [-0.05, 0) is 18.9 Å². The van der Waals surface area contributed by atoms with Gasteiger partial charge < -0.3 is 9.47 Å². The van der Waals surface area contributed by atoms with Crippen LogP contribution in [0.4, 0.5) is 5.69 Å². The maximum Gasteiger partial charge on any atom is 0.344 e. The Balaban J connectivity index is 2.25. The van der Waals surface area contributed by atoms with E-state index in [0.29, 0.717) is 18.9 Å². The summed E-state index contributed by atoms with van der Waals surface area (Å²) in [7, 11) is 1.76. The highest BCUT2D eigenvalue weighted by Crippen LogP contribution is 2.27. The highest BCUT2D eigenvalue weighted by atomic mass is 16.6. The molecule has 1 heterocycles. The van der Waals surface area contributed by atoms with Gasteiger partial charge in [0.2, 0.25) is 5.88 Å². The average Bonchev–Trinajstić information content (AvgIpc) is 2.89. The molecule has 0 unspecified atom stereocenters. The van der Waals surface area contributed by atoms with Crippen molar-refractivity contribution in [2.75, 3.05) is 13.2 Å². The molecule has 2 aromatic rings. The van der Waals surface area contributed by atoms with Gasteiger partial charge in [-0.1, -0.05) is 25.5 Å². The summed E-state index contributed by atoms with van der Waals surface area (Å²) in [6, 6.07) is 6.39. The van der Waals surface area contributed by atoms with Crippen molar-refractivity contribution in [2.24, 2.45) is 7.05 Å². The van der Waals surface area contributed by atoms with Crippen molar-refractivity contribution < 1.29 is 19.2 Å². The number of hydrogen-bond donors (Lipinski definition) is 0. The van der Waals surface area contributed by atoms with Crippen molar-refractivity contribution in [3.63, 3.8) is 0 Å². The fourth-order valence-electron chi connectivity index (χ4n) is 2.67. The molecule has 0 saturated carbocycles. The van der Waals surface area contributed by atoms with Crippen LogP contribution < -0.4 is 4.74 Å². The summed E-state index contributed by atoms with van der Waals surface area (Å²) in [5, 5.41) is 15.3. The zero-order valence-corrected chi connectivity index (χ0v) is 15.2. The van der Waals surface area contributed by atoms with Crippen LogP contribution >= 0.6 is 0 Å². The fraction of sp³-hybridized carbons (Fsp3) is 0.444. The fourth-order valence-corrected chi connectivity index (χ4v) is 2.67. The van der Waals surface area contributed by atoms with Crippen LogP contribution in [-0.4, -0.2) is 33.9 Å². The van der Waals surface area contributed by atoms with E-state index in [1.165, 1.54) is 12.1 Å². The van der Waals surface area contributed by atoms with Gasteiger partial charge in [-0.3, -0.25) is 10.1 Å². The number of non-ortho nitro benzene ring substituents is 1. The van der Waals surface area contributed by atoms with Gasteiger partial charge in [0.25, 0.3) is 5.69 Å². The molecule has 0 amide bonds. The Bertz CT molecular complexity index is 768. The minimum atomic E-state index is -0.438. The van der Waals surface area contributed by atoms with Crippen molar-refractivity contribution >= 4 is 11.7 Å². The standard InChI is InChI=1S/C18H23N3O5/c1-4-6-16-15(11-13-7-9-14(10-8-13)21(23)24)18(20(3)19-16)26-12-17(22)25-5-2/h7-10H,4-6,11-12H2,1-3H3. The number of aromatic nitrogens is 2. The van der Waals surface area contributed by atoms with E-state index >= 15 is 0 Å². The molecule has 0 spiro atoms. The molecule has 8 heteroatoms. The molecule has 140 valence electrons. The molecule has 26 heavy (non-hydrogen) atoms. The highest BCUT2D eigenvalue weighted by molar-refractivity contribution is 5.71. The van der Waals surface area contributed by atoms with Crippen LogP contribution in [-0.2, 0) is 29.4 Å². The van der Waals surface area contributed by atoms with Crippen LogP contribution in [0, 0.1) is 10.1 Å². The zero-order valence-electron chi connectivity index (χ0n) is 15.2. The smallest absolute Gasteiger partial charge is 0.344 e. The summed E-state index contributed by atoms with van der Waals surface area (Å²) in [4.78, 5) is 22.0. The number of rotatable bonds is 9. The molecule has 1 aromatic heterocycles. The van der Waals surface area contributed by atoms with E-state index in [4.69, 9.17) is 9.47 Å². The summed E-state index contributed by atoms with van der Waals surface area (Å²) in [6.07, 6.45) is 2.21. The van der Waals surface area contributed by atoms with Gasteiger partial charge in [0.1, 0.15) is 0 Å². The normalized spacial score (nSPS) is 10.6. The molecule has 0 saturated heterocycles. The molecule has 1 aromatic carbocycles. The number of carbonyl (C=O) groups excluding carboxylic acids is 1. The summed E-state index contributed by atoms with van der Waals surface area (Å²) >= 11 is 0. The second kappa shape index (κ2) is 8.98. The van der Waals surface area contributed by atoms with Crippen molar-refractivity contribution in [3.8, 4) is 5.88 Å². The molecule has 0 aliphatic heterocycles. The maximum absolute atomic E-state index is 11.6. The molecule has 0 bridgehead atoms. The first-order valence-corrected chi connectivity index (χ1v) is 8.52. The number of aryl methyl sites for hydroxylation is 2. The molecule has 2 rings (SSSR count). The van der Waals surface area contributed by atoms with Crippen LogP contribution in [0.1, 0.15) is 37.1 Å². The van der Waals surface area contributed by atoms with Crippen molar-refractivity contribution in [2.45, 2.75) is 33.1 Å². The van der Waals surface area contributed by atoms with Crippen LogP contribution in [0.5, 0.6) is 5.88 Å². The lowest BCUT2D eigenvalue weighted by Crippen LogP contribution is -2.16. The molecule has 0 fully saturated rings. The second-order valence-electron chi connectivity index (χ2n) is 5.80. The molecule has 0 aliphatic rings. The molecule has 0 N–H and O–H groups in total. The van der Waals surface area contributed by atoms with E-state index in [0.717, 1.165) is 29.7 Å². The Kier molecular flexibility index (Phi) is 6.71. The molecular formula is C18H23N3O5. The van der Waals surface area contributed by atoms with Crippen molar-refractivity contribution in [3.05, 3.63) is 51.2 Å². The third-order valence-corrected chi connectivity index (χ3v) is 3.82. The number of esters is 1. The number of benzene rings is 1. The summed E-state index contributed by atoms with van der Waals surface area (Å²) in [5.41, 5.74) is 2.73. The van der Waals surface area contributed by atoms with E-state index in [2.05, 4.69) is 12.0 Å². The van der Waals surface area contributed by atoms with Gasteiger partial charge in [-0.25, -0.2) is 9.48 Å². The topological polar surface area (TPSA) is 96.5 Å². The molecular weight excluding hydrogens is 338 g/mol. The summed E-state index contributed by atoms with van der Waals surface area (Å²) in [5.74, 6) is 0.0758. The minimum absolute atomic E-state index is 0.0486. The predicted molar refractivity (Wildman–Crippen MR) is 95.2 cm³/mol. The monoisotopic (exact) mass is 361 g/mol. The lowest BCUT2D eigenvalue weighted by Gasteiger charge is -2.09. The Hall–Kier alpha value is -2.90. The second-order valence-corrected chi connectivity index (χ2v) is 5.80. The molecule has 0 aliphatic carbocycles. The lowest BCUT2D eigenvalue weighted by molar-refractivity contribution is -0.384. The number of ether oxygens (including phenoxy) is 2. The highest BCUT2D eigenvalue weighted by Gasteiger charge is 2.19. The van der Waals surface area contributed by atoms with Crippen LogP contribution in [0.25, 0.3) is 0 Å². The van der Waals surface area contributed by atoms with Gasteiger partial charge in [-0.2, -0.15) is 5.10 Å². The van der Waals surface area contributed by atoms with Gasteiger partial charge in [-0.15, -0.1) is 0 Å². The van der Waals surface area contributed by atoms with Gasteiger partial charge in [0.05, 0.1) is 17.2 Å². The maximum atomic E-state index is 11.6. The third kappa shape index (κ3) is 4.81. The number of carbonyl (C=O) groups is 1. The quantitative estimate of drug-likeness (QED) is 0.387. The van der Waals surface area contributed by atoms with Crippen LogP contribution in [0.3, 0.4) is 0 Å². The first-order chi connectivity index (χ1) is 12.5. The van der Waals surface area contributed by atoms with Gasteiger partial charge in [0, 0.05) is 31.2 Å². The van der Waals surface area contributed by atoms with E-state index in [1.807, 2.05) is 0 Å². The van der Waals surface area contributed by atoms with E-state index < -0.39 is 10.9 Å². The van der Waals surface area contributed by atoms with E-state index in [9.17, 15) is 14.9 Å². The number of hydrogen-bond acceptors (Lipinski definition) is 6. The third-order valence-electron chi connectivity index (χ3n) is 3.82.